The molecule has 1 atom stereocenters. The molecule has 0 aliphatic rings. The Hall–Kier alpha value is -1.81. The van der Waals surface area contributed by atoms with Crippen molar-refractivity contribution >= 4 is 21.9 Å². The molecule has 0 saturated carbocycles. The monoisotopic (exact) mass is 376 g/mol. The normalized spacial score (nSPS) is 12.7. The lowest BCUT2D eigenvalue weighted by molar-refractivity contribution is -0.145. The highest BCUT2D eigenvalue weighted by Crippen LogP contribution is 2.25. The minimum atomic E-state index is -0.968. The zero-order valence-corrected chi connectivity index (χ0v) is 15.1. The highest BCUT2D eigenvalue weighted by molar-refractivity contribution is 9.10. The molecule has 0 aromatic heterocycles. The number of hydrogen-bond acceptors (Lipinski definition) is 2. The molecule has 3 nitrogen and oxygen atoms in total. The Bertz CT molecular complexity index is 672. The molecule has 0 unspecified atom stereocenters. The van der Waals surface area contributed by atoms with Gasteiger partial charge in [-0.1, -0.05) is 61.0 Å². The Morgan fingerprint density at radius 1 is 1.17 bits per heavy atom. The van der Waals surface area contributed by atoms with Gasteiger partial charge in [-0.25, -0.2) is 4.79 Å². The summed E-state index contributed by atoms with van der Waals surface area (Å²) in [4.78, 5) is 11.5. The molecule has 4 heteroatoms. The van der Waals surface area contributed by atoms with Crippen molar-refractivity contribution < 1.29 is 14.6 Å². The van der Waals surface area contributed by atoms with Crippen molar-refractivity contribution in [1.82, 2.24) is 0 Å². The fraction of sp³-hybridized carbons (Fsp3) is 0.316. The molecule has 2 rings (SSSR count). The van der Waals surface area contributed by atoms with Crippen molar-refractivity contribution in [2.24, 2.45) is 0 Å². The maximum Gasteiger partial charge on any atom is 0.345 e. The van der Waals surface area contributed by atoms with Crippen LogP contribution in [0.25, 0.3) is 0 Å². The van der Waals surface area contributed by atoms with E-state index >= 15 is 0 Å². The average molecular weight is 377 g/mol. The van der Waals surface area contributed by atoms with Crippen LogP contribution in [0.3, 0.4) is 0 Å². The van der Waals surface area contributed by atoms with E-state index in [0.29, 0.717) is 12.2 Å². The van der Waals surface area contributed by atoms with Gasteiger partial charge >= 0.3 is 5.97 Å². The van der Waals surface area contributed by atoms with E-state index in [2.05, 4.69) is 36.7 Å². The predicted octanol–water partition coefficient (Wildman–Crippen LogP) is 4.82. The van der Waals surface area contributed by atoms with E-state index in [-0.39, 0.29) is 5.41 Å². The van der Waals surface area contributed by atoms with Gasteiger partial charge in [0.25, 0.3) is 0 Å². The Kier molecular flexibility index (Phi) is 5.47. The maximum absolute atomic E-state index is 11.5. The van der Waals surface area contributed by atoms with Gasteiger partial charge in [0.15, 0.2) is 6.10 Å². The van der Waals surface area contributed by atoms with Crippen molar-refractivity contribution in [3.63, 3.8) is 0 Å². The second-order valence-electron chi connectivity index (χ2n) is 6.55. The van der Waals surface area contributed by atoms with Gasteiger partial charge in [0.05, 0.1) is 0 Å². The second kappa shape index (κ2) is 7.18. The lowest BCUT2D eigenvalue weighted by Crippen LogP contribution is -2.29. The van der Waals surface area contributed by atoms with E-state index in [4.69, 9.17) is 4.74 Å². The second-order valence-corrected chi connectivity index (χ2v) is 7.47. The van der Waals surface area contributed by atoms with E-state index in [1.165, 1.54) is 5.56 Å². The number of hydrogen-bond donors (Lipinski definition) is 1. The Morgan fingerprint density at radius 3 is 2.35 bits per heavy atom. The van der Waals surface area contributed by atoms with Crippen LogP contribution in [0, 0.1) is 0 Å². The van der Waals surface area contributed by atoms with Crippen LogP contribution < -0.4 is 4.74 Å². The third-order valence-corrected chi connectivity index (χ3v) is 4.08. The van der Waals surface area contributed by atoms with Gasteiger partial charge in [-0.15, -0.1) is 0 Å². The van der Waals surface area contributed by atoms with Gasteiger partial charge in [0.1, 0.15) is 5.75 Å². The fourth-order valence-corrected chi connectivity index (χ4v) is 2.70. The van der Waals surface area contributed by atoms with E-state index in [1.54, 1.807) is 0 Å². The van der Waals surface area contributed by atoms with Crippen LogP contribution >= 0.6 is 15.9 Å². The zero-order valence-electron chi connectivity index (χ0n) is 13.5. The minimum Gasteiger partial charge on any atom is -0.478 e. The van der Waals surface area contributed by atoms with Crippen LogP contribution in [0.15, 0.2) is 53.0 Å². The molecule has 23 heavy (non-hydrogen) atoms. The summed E-state index contributed by atoms with van der Waals surface area (Å²) in [6, 6.07) is 15.2. The number of benzene rings is 2. The molecule has 0 heterocycles. The molecule has 2 aromatic rings. The van der Waals surface area contributed by atoms with Crippen molar-refractivity contribution in [3.05, 3.63) is 64.1 Å². The van der Waals surface area contributed by atoms with Gasteiger partial charge in [0, 0.05) is 10.9 Å². The summed E-state index contributed by atoms with van der Waals surface area (Å²) in [5.41, 5.74) is 2.16. The van der Waals surface area contributed by atoms with Crippen molar-refractivity contribution in [2.45, 2.75) is 38.7 Å². The van der Waals surface area contributed by atoms with Crippen LogP contribution in [0.4, 0.5) is 0 Å². The van der Waals surface area contributed by atoms with Gasteiger partial charge in [-0.3, -0.25) is 0 Å². The summed E-state index contributed by atoms with van der Waals surface area (Å²) in [7, 11) is 0. The summed E-state index contributed by atoms with van der Waals surface area (Å²) in [5, 5.41) is 9.41. The van der Waals surface area contributed by atoms with E-state index in [1.807, 2.05) is 48.5 Å². The molecule has 0 radical (unpaired) electrons. The zero-order chi connectivity index (χ0) is 17.0. The number of aliphatic carboxylic acids is 1. The number of carboxylic acids is 1. The molecule has 0 bridgehead atoms. The predicted molar refractivity (Wildman–Crippen MR) is 95.0 cm³/mol. The van der Waals surface area contributed by atoms with Crippen LogP contribution in [0.2, 0.25) is 0 Å². The molecule has 0 saturated heterocycles. The topological polar surface area (TPSA) is 46.5 Å². The first-order valence-electron chi connectivity index (χ1n) is 7.50. The number of carbonyl (C=O) groups is 1. The van der Waals surface area contributed by atoms with E-state index in [9.17, 15) is 9.90 Å². The van der Waals surface area contributed by atoms with Crippen LogP contribution in [0.1, 0.15) is 31.9 Å². The first-order valence-corrected chi connectivity index (χ1v) is 8.29. The summed E-state index contributed by atoms with van der Waals surface area (Å²) in [6.07, 6.45) is -0.597. The third-order valence-electron chi connectivity index (χ3n) is 3.58. The lowest BCUT2D eigenvalue weighted by atomic mass is 9.87. The highest BCUT2D eigenvalue weighted by atomic mass is 79.9. The van der Waals surface area contributed by atoms with Gasteiger partial charge in [-0.2, -0.15) is 0 Å². The van der Waals surface area contributed by atoms with Gasteiger partial charge < -0.3 is 9.84 Å². The summed E-state index contributed by atoms with van der Waals surface area (Å²) < 4.78 is 6.60. The fourth-order valence-electron chi connectivity index (χ4n) is 2.26. The summed E-state index contributed by atoms with van der Waals surface area (Å²) >= 11 is 3.39. The van der Waals surface area contributed by atoms with Crippen molar-refractivity contribution in [3.8, 4) is 5.75 Å². The molecular weight excluding hydrogens is 356 g/mol. The van der Waals surface area contributed by atoms with Crippen LogP contribution in [0.5, 0.6) is 5.75 Å². The SMILES string of the molecule is CC(C)(C)c1ccc(O[C@H](Cc2cccc(Br)c2)C(=O)O)cc1. The van der Waals surface area contributed by atoms with Crippen molar-refractivity contribution in [1.29, 1.82) is 0 Å². The van der Waals surface area contributed by atoms with E-state index in [0.717, 1.165) is 10.0 Å². The number of rotatable bonds is 5. The average Bonchev–Trinajstić information content (AvgIpc) is 2.46. The molecule has 122 valence electrons. The van der Waals surface area contributed by atoms with Crippen LogP contribution in [-0.2, 0) is 16.6 Å². The molecule has 0 fully saturated rings. The molecule has 0 aliphatic heterocycles. The molecule has 0 amide bonds. The Morgan fingerprint density at radius 2 is 1.83 bits per heavy atom. The van der Waals surface area contributed by atoms with Crippen LogP contribution in [-0.4, -0.2) is 17.2 Å². The molecular formula is C19H21BrO3. The van der Waals surface area contributed by atoms with Crippen molar-refractivity contribution in [2.75, 3.05) is 0 Å². The minimum absolute atomic E-state index is 0.0566. The highest BCUT2D eigenvalue weighted by Gasteiger charge is 2.21. The van der Waals surface area contributed by atoms with Gasteiger partial charge in [-0.05, 0) is 40.8 Å². The largest absolute Gasteiger partial charge is 0.478 e. The maximum atomic E-state index is 11.5. The molecule has 0 aliphatic carbocycles. The standard InChI is InChI=1S/C19H21BrO3/c1-19(2,3)14-7-9-16(10-8-14)23-17(18(21)22)12-13-5-4-6-15(20)11-13/h4-11,17H,12H2,1-3H3,(H,21,22)/t17-/m1/s1. The quantitative estimate of drug-likeness (QED) is 0.813. The number of ether oxygens (including phenoxy) is 1. The summed E-state index contributed by atoms with van der Waals surface area (Å²) in [6.45, 7) is 6.41. The smallest absolute Gasteiger partial charge is 0.345 e. The molecule has 0 spiro atoms. The Balaban J connectivity index is 2.12. The third kappa shape index (κ3) is 5.10. The van der Waals surface area contributed by atoms with Gasteiger partial charge in [0.2, 0.25) is 0 Å². The Labute approximate surface area is 145 Å². The molecule has 2 aromatic carbocycles. The van der Waals surface area contributed by atoms with E-state index < -0.39 is 12.1 Å². The lowest BCUT2D eigenvalue weighted by Gasteiger charge is -2.20. The number of carboxylic acid groups (broad SMARTS) is 1. The summed E-state index contributed by atoms with van der Waals surface area (Å²) in [5.74, 6) is -0.398. The first kappa shape index (κ1) is 17.5. The molecule has 1 N–H and O–H groups in total. The first-order chi connectivity index (χ1) is 10.8. The number of halogens is 1.